The molecule has 1 aliphatic rings. The van der Waals surface area contributed by atoms with E-state index in [2.05, 4.69) is 41.9 Å². The zero-order chi connectivity index (χ0) is 21.4. The summed E-state index contributed by atoms with van der Waals surface area (Å²) in [7, 11) is 0. The molecule has 4 aromatic rings. The van der Waals surface area contributed by atoms with Crippen LogP contribution in [-0.4, -0.2) is 60.5 Å². The summed E-state index contributed by atoms with van der Waals surface area (Å²) in [6, 6.07) is 9.03. The van der Waals surface area contributed by atoms with Crippen LogP contribution in [0.5, 0.6) is 0 Å². The van der Waals surface area contributed by atoms with Crippen LogP contribution in [0.4, 0.5) is 11.6 Å². The van der Waals surface area contributed by atoms with E-state index in [4.69, 9.17) is 0 Å². The van der Waals surface area contributed by atoms with Gasteiger partial charge in [-0.25, -0.2) is 9.67 Å². The molecule has 31 heavy (non-hydrogen) atoms. The number of pyridine rings is 1. The second-order valence-electron chi connectivity index (χ2n) is 7.60. The van der Waals surface area contributed by atoms with Gasteiger partial charge >= 0.3 is 0 Å². The van der Waals surface area contributed by atoms with Gasteiger partial charge in [-0.1, -0.05) is 6.07 Å². The molecule has 10 nitrogen and oxygen atoms in total. The van der Waals surface area contributed by atoms with E-state index in [1.807, 2.05) is 29.6 Å². The highest BCUT2D eigenvalue weighted by molar-refractivity contribution is 5.55. The third-order valence-electron chi connectivity index (χ3n) is 5.67. The lowest BCUT2D eigenvalue weighted by Gasteiger charge is -2.37. The Hall–Kier alpha value is -3.82. The maximum atomic E-state index is 12.3. The van der Waals surface area contributed by atoms with Crippen LogP contribution in [0, 0.1) is 13.8 Å². The number of fused-ring (bicyclic) bond motifs is 1. The van der Waals surface area contributed by atoms with Crippen molar-refractivity contribution in [3.63, 3.8) is 0 Å². The Labute approximate surface area is 178 Å². The summed E-state index contributed by atoms with van der Waals surface area (Å²) in [6.45, 7) is 7.60. The number of hydrogen-bond acceptors (Lipinski definition) is 8. The van der Waals surface area contributed by atoms with Crippen molar-refractivity contribution in [3.05, 3.63) is 70.2 Å². The fourth-order valence-corrected chi connectivity index (χ4v) is 3.90. The van der Waals surface area contributed by atoms with Crippen molar-refractivity contribution in [2.24, 2.45) is 0 Å². The van der Waals surface area contributed by atoms with Crippen LogP contribution in [0.3, 0.4) is 0 Å². The molecule has 0 aromatic carbocycles. The molecular weight excluding hydrogens is 394 g/mol. The molecule has 5 heterocycles. The van der Waals surface area contributed by atoms with Crippen molar-refractivity contribution in [3.8, 4) is 0 Å². The van der Waals surface area contributed by atoms with E-state index in [1.165, 1.54) is 11.0 Å². The first-order valence-corrected chi connectivity index (χ1v) is 10.2. The molecule has 0 N–H and O–H groups in total. The maximum absolute atomic E-state index is 12.3. The highest BCUT2D eigenvalue weighted by atomic mass is 16.1. The molecule has 1 aliphatic heterocycles. The van der Waals surface area contributed by atoms with E-state index in [-0.39, 0.29) is 5.56 Å². The van der Waals surface area contributed by atoms with E-state index in [1.54, 1.807) is 18.3 Å². The van der Waals surface area contributed by atoms with Gasteiger partial charge < -0.3 is 9.80 Å². The van der Waals surface area contributed by atoms with E-state index in [0.29, 0.717) is 12.3 Å². The normalized spacial score (nSPS) is 14.4. The largest absolute Gasteiger partial charge is 0.353 e. The zero-order valence-electron chi connectivity index (χ0n) is 17.5. The Bertz CT molecular complexity index is 1270. The molecule has 0 spiro atoms. The summed E-state index contributed by atoms with van der Waals surface area (Å²) < 4.78 is 3.28. The highest BCUT2D eigenvalue weighted by Gasteiger charge is 2.23. The molecule has 10 heteroatoms. The molecule has 158 valence electrons. The second-order valence-corrected chi connectivity index (χ2v) is 7.60. The molecule has 5 rings (SSSR count). The Morgan fingerprint density at radius 2 is 1.77 bits per heavy atom. The lowest BCUT2D eigenvalue weighted by molar-refractivity contribution is 0.591. The van der Waals surface area contributed by atoms with Gasteiger partial charge in [0.15, 0.2) is 0 Å². The first-order valence-electron chi connectivity index (χ1n) is 10.2. The van der Waals surface area contributed by atoms with Crippen LogP contribution in [0.2, 0.25) is 0 Å². The number of aromatic nitrogens is 7. The topological polar surface area (TPSA) is 97.3 Å². The molecule has 0 bridgehead atoms. The van der Waals surface area contributed by atoms with Crippen molar-refractivity contribution in [2.75, 3.05) is 36.0 Å². The Balaban J connectivity index is 1.36. The SMILES string of the molecule is Cc1nc2ncnn2c(N2CCN(c3ccc(=O)n(Cc4ccccn4)n3)CC2)c1C. The second kappa shape index (κ2) is 7.78. The third-order valence-corrected chi connectivity index (χ3v) is 5.67. The lowest BCUT2D eigenvalue weighted by Crippen LogP contribution is -2.48. The molecule has 0 aliphatic carbocycles. The molecule has 0 radical (unpaired) electrons. The van der Waals surface area contributed by atoms with E-state index in [9.17, 15) is 4.79 Å². The van der Waals surface area contributed by atoms with E-state index in [0.717, 1.165) is 54.8 Å². The van der Waals surface area contributed by atoms with Crippen LogP contribution in [0.25, 0.3) is 5.78 Å². The predicted molar refractivity (Wildman–Crippen MR) is 117 cm³/mol. The molecular formula is C21H23N9O. The Kier molecular flexibility index (Phi) is 4.81. The maximum Gasteiger partial charge on any atom is 0.267 e. The Morgan fingerprint density at radius 3 is 2.55 bits per heavy atom. The summed E-state index contributed by atoms with van der Waals surface area (Å²) in [5, 5.41) is 8.96. The summed E-state index contributed by atoms with van der Waals surface area (Å²) in [5.74, 6) is 2.44. The summed E-state index contributed by atoms with van der Waals surface area (Å²) in [4.78, 5) is 29.9. The number of piperazine rings is 1. The van der Waals surface area contributed by atoms with Crippen LogP contribution >= 0.6 is 0 Å². The fraction of sp³-hybridized carbons (Fsp3) is 0.333. The van der Waals surface area contributed by atoms with Gasteiger partial charge in [0.1, 0.15) is 18.0 Å². The summed E-state index contributed by atoms with van der Waals surface area (Å²) in [6.07, 6.45) is 3.26. The van der Waals surface area contributed by atoms with Crippen molar-refractivity contribution in [1.29, 1.82) is 0 Å². The number of anilines is 2. The van der Waals surface area contributed by atoms with Crippen molar-refractivity contribution >= 4 is 17.4 Å². The van der Waals surface area contributed by atoms with Gasteiger partial charge in [0.05, 0.1) is 12.2 Å². The number of hydrogen-bond donors (Lipinski definition) is 0. The van der Waals surface area contributed by atoms with Gasteiger partial charge in [-0.05, 0) is 32.0 Å². The van der Waals surface area contributed by atoms with Gasteiger partial charge in [-0.3, -0.25) is 9.78 Å². The molecule has 1 fully saturated rings. The number of rotatable bonds is 4. The predicted octanol–water partition coefficient (Wildman–Crippen LogP) is 1.07. The monoisotopic (exact) mass is 417 g/mol. The minimum Gasteiger partial charge on any atom is -0.353 e. The molecule has 0 atom stereocenters. The standard InChI is InChI=1S/C21H23N9O/c1-15-16(2)25-21-23-14-24-30(21)20(15)28-11-9-27(10-12-28)18-6-7-19(31)29(26-18)13-17-5-3-4-8-22-17/h3-8,14H,9-13H2,1-2H3. The van der Waals surface area contributed by atoms with Gasteiger partial charge in [0.25, 0.3) is 11.3 Å². The van der Waals surface area contributed by atoms with Gasteiger partial charge in [-0.2, -0.15) is 19.7 Å². The van der Waals surface area contributed by atoms with Gasteiger partial charge in [0.2, 0.25) is 0 Å². The summed E-state index contributed by atoms with van der Waals surface area (Å²) >= 11 is 0. The molecule has 4 aromatic heterocycles. The molecule has 0 amide bonds. The minimum absolute atomic E-state index is 0.135. The van der Waals surface area contributed by atoms with E-state index < -0.39 is 0 Å². The van der Waals surface area contributed by atoms with Crippen molar-refractivity contribution < 1.29 is 0 Å². The van der Waals surface area contributed by atoms with Crippen LogP contribution in [0.1, 0.15) is 17.0 Å². The molecule has 0 saturated carbocycles. The quantitative estimate of drug-likeness (QED) is 0.486. The first-order chi connectivity index (χ1) is 15.1. The van der Waals surface area contributed by atoms with Gasteiger partial charge in [-0.15, -0.1) is 0 Å². The highest BCUT2D eigenvalue weighted by Crippen LogP contribution is 2.24. The average Bonchev–Trinajstić information content (AvgIpc) is 3.25. The van der Waals surface area contributed by atoms with Crippen molar-refractivity contribution in [1.82, 2.24) is 34.3 Å². The van der Waals surface area contributed by atoms with Crippen LogP contribution in [0.15, 0.2) is 47.7 Å². The Morgan fingerprint density at radius 1 is 0.968 bits per heavy atom. The summed E-state index contributed by atoms with van der Waals surface area (Å²) in [5.41, 5.74) is 2.73. The lowest BCUT2D eigenvalue weighted by atomic mass is 10.2. The number of nitrogens with zero attached hydrogens (tertiary/aromatic N) is 9. The number of aryl methyl sites for hydroxylation is 1. The zero-order valence-corrected chi connectivity index (χ0v) is 17.5. The van der Waals surface area contributed by atoms with Crippen molar-refractivity contribution in [2.45, 2.75) is 20.4 Å². The van der Waals surface area contributed by atoms with Crippen LogP contribution < -0.4 is 15.4 Å². The molecule has 1 saturated heterocycles. The van der Waals surface area contributed by atoms with E-state index >= 15 is 0 Å². The smallest absolute Gasteiger partial charge is 0.267 e. The van der Waals surface area contributed by atoms with Gasteiger partial charge in [0, 0.05) is 49.7 Å². The first kappa shape index (κ1) is 19.2. The molecule has 0 unspecified atom stereocenters. The minimum atomic E-state index is -0.135. The van der Waals surface area contributed by atoms with Crippen LogP contribution in [-0.2, 0) is 6.54 Å². The third kappa shape index (κ3) is 3.60. The average molecular weight is 417 g/mol. The fourth-order valence-electron chi connectivity index (χ4n) is 3.90.